The number of benzene rings is 1. The van der Waals surface area contributed by atoms with Crippen LogP contribution in [0.1, 0.15) is 31.2 Å². The predicted molar refractivity (Wildman–Crippen MR) is 85.6 cm³/mol. The zero-order chi connectivity index (χ0) is 16.0. The maximum absolute atomic E-state index is 12.4. The van der Waals surface area contributed by atoms with Crippen LogP contribution < -0.4 is 5.32 Å². The van der Waals surface area contributed by atoms with Crippen molar-refractivity contribution in [2.45, 2.75) is 37.8 Å². The Labute approximate surface area is 135 Å². The van der Waals surface area contributed by atoms with Gasteiger partial charge in [0.2, 0.25) is 5.91 Å². The molecule has 6 heteroatoms. The number of carbonyl (C=O) groups is 1. The second-order valence-electron chi connectivity index (χ2n) is 5.87. The highest BCUT2D eigenvalue weighted by molar-refractivity contribution is 5.77. The van der Waals surface area contributed by atoms with Crippen molar-refractivity contribution >= 4 is 5.91 Å². The van der Waals surface area contributed by atoms with E-state index in [2.05, 4.69) is 27.5 Å². The van der Waals surface area contributed by atoms with E-state index in [1.807, 2.05) is 18.2 Å². The molecule has 0 saturated carbocycles. The fraction of sp³-hybridized carbons (Fsp3) is 0.471. The van der Waals surface area contributed by atoms with Crippen LogP contribution in [0.3, 0.4) is 0 Å². The number of hydrogen-bond donors (Lipinski definition) is 1. The maximum atomic E-state index is 12.4. The summed E-state index contributed by atoms with van der Waals surface area (Å²) in [5.41, 5.74) is 0.858. The summed E-state index contributed by atoms with van der Waals surface area (Å²) in [6.45, 7) is 2.05. The van der Waals surface area contributed by atoms with Gasteiger partial charge in [-0.2, -0.15) is 5.10 Å². The Balaban J connectivity index is 1.60. The zero-order valence-corrected chi connectivity index (χ0v) is 13.1. The molecule has 0 radical (unpaired) electrons. The van der Waals surface area contributed by atoms with Crippen molar-refractivity contribution in [3.8, 4) is 0 Å². The molecule has 1 fully saturated rings. The minimum Gasteiger partial charge on any atom is -0.381 e. The number of ether oxygens (including phenoxy) is 1. The Kier molecular flexibility index (Phi) is 5.02. The predicted octanol–water partition coefficient (Wildman–Crippen LogP) is 1.88. The summed E-state index contributed by atoms with van der Waals surface area (Å²) in [5, 5.41) is 7.31. The van der Waals surface area contributed by atoms with Crippen LogP contribution in [0.15, 0.2) is 43.0 Å². The summed E-state index contributed by atoms with van der Waals surface area (Å²) in [6, 6.07) is 10.2. The highest BCUT2D eigenvalue weighted by Crippen LogP contribution is 2.32. The lowest BCUT2D eigenvalue weighted by Crippen LogP contribution is -2.49. The van der Waals surface area contributed by atoms with E-state index in [0.29, 0.717) is 26.2 Å². The van der Waals surface area contributed by atoms with E-state index in [0.717, 1.165) is 24.8 Å². The molecule has 1 aliphatic heterocycles. The molecule has 122 valence electrons. The molecule has 23 heavy (non-hydrogen) atoms. The second kappa shape index (κ2) is 7.37. The van der Waals surface area contributed by atoms with Gasteiger partial charge in [0.05, 0.1) is 5.54 Å². The smallest absolute Gasteiger partial charge is 0.220 e. The third-order valence-electron chi connectivity index (χ3n) is 4.31. The molecule has 0 unspecified atom stereocenters. The van der Waals surface area contributed by atoms with Gasteiger partial charge in [0.1, 0.15) is 12.7 Å². The second-order valence-corrected chi connectivity index (χ2v) is 5.87. The summed E-state index contributed by atoms with van der Waals surface area (Å²) < 4.78 is 7.23. The first kappa shape index (κ1) is 15.7. The molecule has 1 amide bonds. The first-order valence-electron chi connectivity index (χ1n) is 8.05. The average molecular weight is 314 g/mol. The molecule has 0 aliphatic carbocycles. The maximum Gasteiger partial charge on any atom is 0.220 e. The van der Waals surface area contributed by atoms with Crippen LogP contribution in [0.5, 0.6) is 0 Å². The van der Waals surface area contributed by atoms with E-state index in [1.54, 1.807) is 11.0 Å². The molecule has 3 rings (SSSR count). The Morgan fingerprint density at radius 3 is 2.74 bits per heavy atom. The molecule has 0 bridgehead atoms. The average Bonchev–Trinajstić information content (AvgIpc) is 3.10. The molecule has 2 aromatic rings. The normalized spacial score (nSPS) is 16.9. The third-order valence-corrected chi connectivity index (χ3v) is 4.31. The molecular formula is C17H22N4O2. The van der Waals surface area contributed by atoms with E-state index in [9.17, 15) is 4.79 Å². The van der Waals surface area contributed by atoms with Gasteiger partial charge >= 0.3 is 0 Å². The van der Waals surface area contributed by atoms with Gasteiger partial charge in [-0.1, -0.05) is 30.3 Å². The molecule has 1 aliphatic rings. The van der Waals surface area contributed by atoms with E-state index in [4.69, 9.17) is 4.74 Å². The molecule has 2 heterocycles. The lowest BCUT2D eigenvalue weighted by atomic mass is 9.82. The minimum absolute atomic E-state index is 0.0795. The molecule has 0 atom stereocenters. The van der Waals surface area contributed by atoms with E-state index in [1.165, 1.54) is 6.33 Å². The lowest BCUT2D eigenvalue weighted by molar-refractivity contribution is -0.124. The first-order valence-corrected chi connectivity index (χ1v) is 8.05. The fourth-order valence-electron chi connectivity index (χ4n) is 3.04. The van der Waals surface area contributed by atoms with Gasteiger partial charge in [-0.3, -0.25) is 9.48 Å². The lowest BCUT2D eigenvalue weighted by Gasteiger charge is -2.38. The number of nitrogens with zero attached hydrogens (tertiary/aromatic N) is 3. The number of hydrogen-bond acceptors (Lipinski definition) is 4. The standard InChI is InChI=1S/C17H22N4O2/c22-16(7-4-10-21-14-18-13-19-21)20-17(8-11-23-12-9-17)15-5-2-1-3-6-15/h1-3,5-6,13-14H,4,7-12H2,(H,20,22). The summed E-state index contributed by atoms with van der Waals surface area (Å²) in [6.07, 6.45) is 6.03. The van der Waals surface area contributed by atoms with Crippen LogP contribution in [0.4, 0.5) is 0 Å². The molecule has 6 nitrogen and oxygen atoms in total. The van der Waals surface area contributed by atoms with Gasteiger partial charge in [-0.05, 0) is 24.8 Å². The monoisotopic (exact) mass is 314 g/mol. The van der Waals surface area contributed by atoms with Crippen LogP contribution >= 0.6 is 0 Å². The molecule has 1 aromatic heterocycles. The van der Waals surface area contributed by atoms with Gasteiger partial charge in [-0.15, -0.1) is 0 Å². The topological polar surface area (TPSA) is 69.0 Å². The van der Waals surface area contributed by atoms with Gasteiger partial charge < -0.3 is 10.1 Å². The van der Waals surface area contributed by atoms with Gasteiger partial charge in [0, 0.05) is 26.2 Å². The first-order chi connectivity index (χ1) is 11.3. The Morgan fingerprint density at radius 1 is 1.26 bits per heavy atom. The Hall–Kier alpha value is -2.21. The Bertz CT molecular complexity index is 607. The van der Waals surface area contributed by atoms with Crippen molar-refractivity contribution in [3.05, 3.63) is 48.5 Å². The summed E-state index contributed by atoms with van der Waals surface area (Å²) in [4.78, 5) is 16.3. The number of amides is 1. The number of carbonyl (C=O) groups excluding carboxylic acids is 1. The van der Waals surface area contributed by atoms with E-state index >= 15 is 0 Å². The quantitative estimate of drug-likeness (QED) is 0.884. The van der Waals surface area contributed by atoms with Crippen LogP contribution in [-0.4, -0.2) is 33.9 Å². The highest BCUT2D eigenvalue weighted by atomic mass is 16.5. The highest BCUT2D eigenvalue weighted by Gasteiger charge is 2.35. The summed E-state index contributed by atoms with van der Waals surface area (Å²) in [7, 11) is 0. The van der Waals surface area contributed by atoms with Crippen molar-refractivity contribution in [1.82, 2.24) is 20.1 Å². The van der Waals surface area contributed by atoms with Crippen LogP contribution in [0.25, 0.3) is 0 Å². The van der Waals surface area contributed by atoms with Crippen molar-refractivity contribution < 1.29 is 9.53 Å². The molecular weight excluding hydrogens is 292 g/mol. The van der Waals surface area contributed by atoms with Crippen molar-refractivity contribution in [1.29, 1.82) is 0 Å². The number of aryl methyl sites for hydroxylation is 1. The molecule has 1 saturated heterocycles. The molecule has 0 spiro atoms. The zero-order valence-electron chi connectivity index (χ0n) is 13.1. The van der Waals surface area contributed by atoms with Crippen molar-refractivity contribution in [3.63, 3.8) is 0 Å². The fourth-order valence-corrected chi connectivity index (χ4v) is 3.04. The van der Waals surface area contributed by atoms with E-state index in [-0.39, 0.29) is 11.4 Å². The summed E-state index contributed by atoms with van der Waals surface area (Å²) in [5.74, 6) is 0.0795. The van der Waals surface area contributed by atoms with Crippen molar-refractivity contribution in [2.24, 2.45) is 0 Å². The SMILES string of the molecule is O=C(CCCn1cncn1)NC1(c2ccccc2)CCOCC1. The van der Waals surface area contributed by atoms with Gasteiger partial charge in [-0.25, -0.2) is 4.98 Å². The third kappa shape index (κ3) is 3.96. The summed E-state index contributed by atoms with van der Waals surface area (Å²) >= 11 is 0. The molecule has 1 aromatic carbocycles. The Morgan fingerprint density at radius 2 is 2.04 bits per heavy atom. The van der Waals surface area contributed by atoms with Crippen LogP contribution in [0.2, 0.25) is 0 Å². The van der Waals surface area contributed by atoms with Crippen LogP contribution in [-0.2, 0) is 21.6 Å². The van der Waals surface area contributed by atoms with Crippen molar-refractivity contribution in [2.75, 3.05) is 13.2 Å². The number of aromatic nitrogens is 3. The van der Waals surface area contributed by atoms with E-state index < -0.39 is 0 Å². The van der Waals surface area contributed by atoms with Gasteiger partial charge in [0.25, 0.3) is 0 Å². The number of rotatable bonds is 6. The minimum atomic E-state index is -0.302. The largest absolute Gasteiger partial charge is 0.381 e. The van der Waals surface area contributed by atoms with Gasteiger partial charge in [0.15, 0.2) is 0 Å². The molecule has 1 N–H and O–H groups in total. The van der Waals surface area contributed by atoms with Crippen LogP contribution in [0, 0.1) is 0 Å². The number of nitrogens with one attached hydrogen (secondary N) is 1.